The lowest BCUT2D eigenvalue weighted by Gasteiger charge is -1.94. The molecular formula is C10H7NO. The Balaban J connectivity index is 2.91. The predicted octanol–water partition coefficient (Wildman–Crippen LogP) is 2.61. The number of hydrogen-bond donors (Lipinski definition) is 0. The molecule has 0 aliphatic carbocycles. The van der Waals surface area contributed by atoms with Crippen LogP contribution in [0.25, 0.3) is 11.0 Å². The first-order valence-electron chi connectivity index (χ1n) is 3.69. The molecule has 0 aliphatic rings. The van der Waals surface area contributed by atoms with E-state index in [0.717, 1.165) is 16.5 Å². The highest BCUT2D eigenvalue weighted by Crippen LogP contribution is 2.20. The lowest BCUT2D eigenvalue weighted by atomic mass is 10.1. The summed E-state index contributed by atoms with van der Waals surface area (Å²) in [4.78, 5) is 0. The van der Waals surface area contributed by atoms with Gasteiger partial charge in [-0.05, 0) is 30.7 Å². The van der Waals surface area contributed by atoms with Crippen molar-refractivity contribution < 1.29 is 4.42 Å². The van der Waals surface area contributed by atoms with Gasteiger partial charge in [-0.25, -0.2) is 0 Å². The summed E-state index contributed by atoms with van der Waals surface area (Å²) in [6, 6.07) is 7.74. The molecule has 0 atom stereocenters. The van der Waals surface area contributed by atoms with Gasteiger partial charge in [0.25, 0.3) is 0 Å². The van der Waals surface area contributed by atoms with Gasteiger partial charge in [-0.2, -0.15) is 5.26 Å². The fraction of sp³-hybridized carbons (Fsp3) is 0.100. The average molecular weight is 157 g/mol. The molecule has 0 aliphatic heterocycles. The molecule has 12 heavy (non-hydrogen) atoms. The van der Waals surface area contributed by atoms with Crippen molar-refractivity contribution >= 4 is 11.0 Å². The fourth-order valence-corrected chi connectivity index (χ4v) is 1.30. The van der Waals surface area contributed by atoms with Crippen molar-refractivity contribution in [2.45, 2.75) is 6.92 Å². The number of rotatable bonds is 0. The van der Waals surface area contributed by atoms with E-state index in [1.165, 1.54) is 0 Å². The molecule has 1 aromatic heterocycles. The van der Waals surface area contributed by atoms with Crippen LogP contribution in [0, 0.1) is 18.3 Å². The minimum atomic E-state index is 0.679. The number of fused-ring (bicyclic) bond motifs is 1. The molecule has 0 saturated carbocycles. The molecule has 2 rings (SSSR count). The number of nitriles is 1. The van der Waals surface area contributed by atoms with E-state index in [0.29, 0.717) is 5.56 Å². The number of furan rings is 1. The summed E-state index contributed by atoms with van der Waals surface area (Å²) in [5.74, 6) is 0. The Hall–Kier alpha value is -1.75. The molecule has 0 amide bonds. The number of benzene rings is 1. The molecule has 2 heteroatoms. The lowest BCUT2D eigenvalue weighted by molar-refractivity contribution is 0.615. The van der Waals surface area contributed by atoms with Gasteiger partial charge in [-0.15, -0.1) is 0 Å². The van der Waals surface area contributed by atoms with E-state index in [2.05, 4.69) is 6.07 Å². The number of hydrogen-bond acceptors (Lipinski definition) is 2. The largest absolute Gasteiger partial charge is 0.464 e. The van der Waals surface area contributed by atoms with Gasteiger partial charge in [0.15, 0.2) is 0 Å². The maximum absolute atomic E-state index is 8.79. The smallest absolute Gasteiger partial charge is 0.135 e. The summed E-state index contributed by atoms with van der Waals surface area (Å²) >= 11 is 0. The first-order chi connectivity index (χ1) is 5.81. The molecule has 2 nitrogen and oxygen atoms in total. The normalized spacial score (nSPS) is 10.0. The van der Waals surface area contributed by atoms with E-state index in [1.807, 2.05) is 25.1 Å². The topological polar surface area (TPSA) is 36.9 Å². The SMILES string of the molecule is Cc1cc(C#N)c2ccoc2c1. The van der Waals surface area contributed by atoms with Gasteiger partial charge >= 0.3 is 0 Å². The summed E-state index contributed by atoms with van der Waals surface area (Å²) in [6.07, 6.45) is 1.60. The van der Waals surface area contributed by atoms with Crippen molar-refractivity contribution in [1.82, 2.24) is 0 Å². The molecule has 1 aromatic carbocycles. The number of nitrogens with zero attached hydrogens (tertiary/aromatic N) is 1. The summed E-state index contributed by atoms with van der Waals surface area (Å²) in [7, 11) is 0. The third-order valence-corrected chi connectivity index (χ3v) is 1.84. The van der Waals surface area contributed by atoms with Crippen LogP contribution in [0.3, 0.4) is 0 Å². The van der Waals surface area contributed by atoms with Crippen LogP contribution in [-0.2, 0) is 0 Å². The van der Waals surface area contributed by atoms with Crippen molar-refractivity contribution in [2.24, 2.45) is 0 Å². The Kier molecular flexibility index (Phi) is 1.38. The third-order valence-electron chi connectivity index (χ3n) is 1.84. The van der Waals surface area contributed by atoms with Crippen LogP contribution in [0.4, 0.5) is 0 Å². The zero-order valence-electron chi connectivity index (χ0n) is 6.66. The Bertz CT molecular complexity index is 462. The van der Waals surface area contributed by atoms with Gasteiger partial charge in [0.05, 0.1) is 17.9 Å². The summed E-state index contributed by atoms with van der Waals surface area (Å²) in [6.45, 7) is 1.95. The monoisotopic (exact) mass is 157 g/mol. The molecule has 58 valence electrons. The quantitative estimate of drug-likeness (QED) is 0.589. The lowest BCUT2D eigenvalue weighted by Crippen LogP contribution is -1.78. The molecular weight excluding hydrogens is 150 g/mol. The first-order valence-corrected chi connectivity index (χ1v) is 3.69. The molecule has 2 aromatic rings. The van der Waals surface area contributed by atoms with E-state index in [1.54, 1.807) is 6.26 Å². The molecule has 0 radical (unpaired) electrons. The Morgan fingerprint density at radius 3 is 3.00 bits per heavy atom. The Morgan fingerprint density at radius 2 is 2.25 bits per heavy atom. The van der Waals surface area contributed by atoms with Gasteiger partial charge in [0, 0.05) is 5.39 Å². The van der Waals surface area contributed by atoms with Gasteiger partial charge in [0.1, 0.15) is 5.58 Å². The van der Waals surface area contributed by atoms with Crippen molar-refractivity contribution in [3.05, 3.63) is 35.6 Å². The summed E-state index contributed by atoms with van der Waals surface area (Å²) < 4.78 is 5.19. The van der Waals surface area contributed by atoms with E-state index in [9.17, 15) is 0 Å². The zero-order chi connectivity index (χ0) is 8.55. The predicted molar refractivity (Wildman–Crippen MR) is 45.7 cm³/mol. The third kappa shape index (κ3) is 0.876. The highest BCUT2D eigenvalue weighted by molar-refractivity contribution is 5.84. The van der Waals surface area contributed by atoms with Crippen molar-refractivity contribution in [3.63, 3.8) is 0 Å². The van der Waals surface area contributed by atoms with Crippen LogP contribution in [0.2, 0.25) is 0 Å². The van der Waals surface area contributed by atoms with Gasteiger partial charge in [-0.1, -0.05) is 0 Å². The van der Waals surface area contributed by atoms with E-state index >= 15 is 0 Å². The summed E-state index contributed by atoms with van der Waals surface area (Å²) in [5.41, 5.74) is 2.51. The van der Waals surface area contributed by atoms with Gasteiger partial charge in [0.2, 0.25) is 0 Å². The van der Waals surface area contributed by atoms with Crippen LogP contribution < -0.4 is 0 Å². The second-order valence-corrected chi connectivity index (χ2v) is 2.76. The number of aryl methyl sites for hydroxylation is 1. The summed E-state index contributed by atoms with van der Waals surface area (Å²) in [5, 5.41) is 9.68. The van der Waals surface area contributed by atoms with Crippen LogP contribution in [0.15, 0.2) is 28.9 Å². The van der Waals surface area contributed by atoms with Crippen LogP contribution in [-0.4, -0.2) is 0 Å². The zero-order valence-corrected chi connectivity index (χ0v) is 6.66. The maximum Gasteiger partial charge on any atom is 0.135 e. The second-order valence-electron chi connectivity index (χ2n) is 2.76. The van der Waals surface area contributed by atoms with Crippen molar-refractivity contribution in [1.29, 1.82) is 5.26 Å². The maximum atomic E-state index is 8.79. The molecule has 0 N–H and O–H groups in total. The first kappa shape index (κ1) is 6.93. The van der Waals surface area contributed by atoms with Gasteiger partial charge < -0.3 is 4.42 Å². The highest BCUT2D eigenvalue weighted by atomic mass is 16.3. The Morgan fingerprint density at radius 1 is 1.42 bits per heavy atom. The molecule has 0 spiro atoms. The Labute approximate surface area is 70.0 Å². The molecule has 0 unspecified atom stereocenters. The average Bonchev–Trinajstić information content (AvgIpc) is 2.50. The van der Waals surface area contributed by atoms with Crippen molar-refractivity contribution in [2.75, 3.05) is 0 Å². The van der Waals surface area contributed by atoms with Crippen LogP contribution in [0.1, 0.15) is 11.1 Å². The molecule has 0 fully saturated rings. The van der Waals surface area contributed by atoms with Crippen LogP contribution in [0.5, 0.6) is 0 Å². The molecule has 1 heterocycles. The standard InChI is InChI=1S/C10H7NO/c1-7-4-8(6-11)9-2-3-12-10(9)5-7/h2-5H,1H3. The van der Waals surface area contributed by atoms with E-state index in [4.69, 9.17) is 9.68 Å². The van der Waals surface area contributed by atoms with Crippen molar-refractivity contribution in [3.8, 4) is 6.07 Å². The second kappa shape index (κ2) is 2.38. The minimum Gasteiger partial charge on any atom is -0.464 e. The molecule has 0 saturated heterocycles. The van der Waals surface area contributed by atoms with Crippen LogP contribution >= 0.6 is 0 Å². The van der Waals surface area contributed by atoms with E-state index in [-0.39, 0.29) is 0 Å². The highest BCUT2D eigenvalue weighted by Gasteiger charge is 2.03. The fourth-order valence-electron chi connectivity index (χ4n) is 1.30. The van der Waals surface area contributed by atoms with Gasteiger partial charge in [-0.3, -0.25) is 0 Å². The molecule has 0 bridgehead atoms. The van der Waals surface area contributed by atoms with E-state index < -0.39 is 0 Å². The minimum absolute atomic E-state index is 0.679.